The lowest BCUT2D eigenvalue weighted by atomic mass is 9.91. The van der Waals surface area contributed by atoms with Crippen LogP contribution in [-0.2, 0) is 0 Å². The number of benzene rings is 13. The lowest BCUT2D eigenvalue weighted by molar-refractivity contribution is 0.620. The summed E-state index contributed by atoms with van der Waals surface area (Å²) in [6, 6.07) is 100. The quantitative estimate of drug-likeness (QED) is 0.111. The van der Waals surface area contributed by atoms with Crippen LogP contribution in [-0.4, -0.2) is 44.9 Å². The molecule has 0 atom stereocenters. The van der Waals surface area contributed by atoms with Crippen LogP contribution in [0.5, 0.6) is 0 Å². The Morgan fingerprint density at radius 3 is 1.17 bits per heavy atom. The molecule has 6 aromatic heterocycles. The first-order valence-electron chi connectivity index (χ1n) is 33.5. The monoisotopic (exact) mass is 1330 g/mol. The Bertz CT molecular complexity index is 6600. The maximum absolute atomic E-state index is 13.3. The van der Waals surface area contributed by atoms with Crippen molar-refractivity contribution < 1.29 is 13.3 Å². The van der Waals surface area contributed by atoms with Crippen LogP contribution < -0.4 is 10.9 Å². The van der Waals surface area contributed by atoms with E-state index in [-0.39, 0.29) is 10.9 Å². The highest BCUT2D eigenvalue weighted by atomic mass is 16.3. The highest BCUT2D eigenvalue weighted by molar-refractivity contribution is 5.98. The van der Waals surface area contributed by atoms with Crippen molar-refractivity contribution in [2.24, 2.45) is 0 Å². The molecule has 13 aromatic carbocycles. The Morgan fingerprint density at radius 2 is 0.583 bits per heavy atom. The minimum Gasteiger partial charge on any atom is -0.456 e. The average Bonchev–Trinajstić information content (AvgIpc) is 1.29. The van der Waals surface area contributed by atoms with Gasteiger partial charge in [0, 0.05) is 51.3 Å². The van der Waals surface area contributed by atoms with E-state index in [0.717, 1.165) is 106 Å². The Kier molecular flexibility index (Phi) is 15.5. The van der Waals surface area contributed by atoms with Crippen LogP contribution in [0.2, 0.25) is 0 Å². The summed E-state index contributed by atoms with van der Waals surface area (Å²) in [5.74, 6) is 3.85. The summed E-state index contributed by atoms with van der Waals surface area (Å²) >= 11 is 0. The smallest absolute Gasteiger partial charge is 0.227 e. The van der Waals surface area contributed by atoms with Crippen LogP contribution in [0, 0.1) is 0 Å². The van der Waals surface area contributed by atoms with E-state index in [9.17, 15) is 9.59 Å². The van der Waals surface area contributed by atoms with Gasteiger partial charge in [-0.2, -0.15) is 0 Å². The predicted molar refractivity (Wildman–Crippen MR) is 407 cm³/mol. The third-order valence-corrected chi connectivity index (χ3v) is 18.3. The molecule has 0 aliphatic rings. The molecule has 0 fully saturated rings. The standard InChI is InChI=1S/C47H28N4O3.C42H25N5O2/c52-43-37-17-6-8-19-40(37)53-42-28-33(25-26-38(42)43)36-16-5-4-15-35(36)32-13-10-14-34(27-32)46-50-44(29-11-2-1-3-12-29)49-45(51-46)30-21-23-31(24-22-30)47-48-39-18-7-9-20-41(39)54-47;48-39-32-17-8-9-20-36(32)49-37-25-27(21-22-33(37)39)28-13-4-5-14-29(28)30-15-6-7-16-31(30)41-45-40(26-11-2-1-3-12-26)46-42(47-41)34-18-10-19-35-38(34)44-24-23-43-35/h1-28H;1-25H. The molecule has 0 saturated carbocycles. The molecular formula is C89H53N9O5. The minimum absolute atomic E-state index is 0.0369. The summed E-state index contributed by atoms with van der Waals surface area (Å²) < 4.78 is 18.5. The minimum atomic E-state index is -0.0425. The molecule has 0 unspecified atom stereocenters. The van der Waals surface area contributed by atoms with Crippen LogP contribution >= 0.6 is 0 Å². The molecule has 0 saturated heterocycles. The molecule has 0 bridgehead atoms. The summed E-state index contributed by atoms with van der Waals surface area (Å²) in [4.78, 5) is 70.3. The van der Waals surface area contributed by atoms with Crippen LogP contribution in [0.3, 0.4) is 0 Å². The van der Waals surface area contributed by atoms with E-state index in [1.807, 2.05) is 255 Å². The molecule has 19 aromatic rings. The van der Waals surface area contributed by atoms with E-state index in [4.69, 9.17) is 43.2 Å². The molecule has 6 heterocycles. The second-order valence-electron chi connectivity index (χ2n) is 24.6. The van der Waals surface area contributed by atoms with Crippen LogP contribution in [0.25, 0.3) is 190 Å². The zero-order valence-electron chi connectivity index (χ0n) is 54.7. The fourth-order valence-electron chi connectivity index (χ4n) is 13.2. The average molecular weight is 1330 g/mol. The van der Waals surface area contributed by atoms with Gasteiger partial charge < -0.3 is 13.3 Å². The maximum Gasteiger partial charge on any atom is 0.227 e. The predicted octanol–water partition coefficient (Wildman–Crippen LogP) is 20.7. The van der Waals surface area contributed by atoms with Crippen molar-refractivity contribution in [2.45, 2.75) is 0 Å². The van der Waals surface area contributed by atoms with E-state index in [1.54, 1.807) is 24.5 Å². The summed E-state index contributed by atoms with van der Waals surface area (Å²) in [5, 5.41) is 2.24. The highest BCUT2D eigenvalue weighted by Gasteiger charge is 2.22. The lowest BCUT2D eigenvalue weighted by Gasteiger charge is -2.15. The van der Waals surface area contributed by atoms with Gasteiger partial charge in [0.25, 0.3) is 0 Å². The van der Waals surface area contributed by atoms with Crippen molar-refractivity contribution in [3.05, 3.63) is 342 Å². The second kappa shape index (κ2) is 26.1. The Morgan fingerprint density at radius 1 is 0.214 bits per heavy atom. The van der Waals surface area contributed by atoms with Crippen molar-refractivity contribution in [3.8, 4) is 124 Å². The zero-order valence-corrected chi connectivity index (χ0v) is 54.7. The number of rotatable bonds is 11. The molecule has 14 heteroatoms. The summed E-state index contributed by atoms with van der Waals surface area (Å²) in [7, 11) is 0. The molecule has 0 aliphatic heterocycles. The Balaban J connectivity index is 0.000000148. The zero-order chi connectivity index (χ0) is 68.7. The molecule has 484 valence electrons. The van der Waals surface area contributed by atoms with Gasteiger partial charge in [-0.1, -0.05) is 218 Å². The van der Waals surface area contributed by atoms with Crippen molar-refractivity contribution in [2.75, 3.05) is 0 Å². The van der Waals surface area contributed by atoms with Crippen molar-refractivity contribution in [3.63, 3.8) is 0 Å². The summed E-state index contributed by atoms with van der Waals surface area (Å²) in [6.07, 6.45) is 3.36. The molecule has 14 nitrogen and oxygen atoms in total. The molecular weight excluding hydrogens is 1280 g/mol. The Labute approximate surface area is 587 Å². The first kappa shape index (κ1) is 61.0. The summed E-state index contributed by atoms with van der Waals surface area (Å²) in [6.45, 7) is 0. The maximum atomic E-state index is 13.3. The van der Waals surface area contributed by atoms with E-state index in [2.05, 4.69) is 57.4 Å². The number of hydrogen-bond acceptors (Lipinski definition) is 14. The number of para-hydroxylation sites is 5. The number of fused-ring (bicyclic) bond motifs is 6. The molecule has 0 N–H and O–H groups in total. The fourth-order valence-corrected chi connectivity index (χ4v) is 13.2. The normalized spacial score (nSPS) is 11.4. The van der Waals surface area contributed by atoms with Crippen molar-refractivity contribution >= 4 is 66.0 Å². The van der Waals surface area contributed by atoms with Gasteiger partial charge in [-0.25, -0.2) is 34.9 Å². The molecule has 19 rings (SSSR count). The molecule has 0 amide bonds. The van der Waals surface area contributed by atoms with Gasteiger partial charge >= 0.3 is 0 Å². The van der Waals surface area contributed by atoms with Gasteiger partial charge in [-0.15, -0.1) is 0 Å². The van der Waals surface area contributed by atoms with Crippen LogP contribution in [0.4, 0.5) is 0 Å². The van der Waals surface area contributed by atoms with E-state index in [1.165, 1.54) is 0 Å². The topological polar surface area (TPSA) is 190 Å². The van der Waals surface area contributed by atoms with Gasteiger partial charge in [0.1, 0.15) is 27.8 Å². The number of nitrogens with zero attached hydrogens (tertiary/aromatic N) is 9. The van der Waals surface area contributed by atoms with E-state index < -0.39 is 0 Å². The molecule has 0 spiro atoms. The second-order valence-corrected chi connectivity index (χ2v) is 24.6. The molecule has 0 aliphatic carbocycles. The van der Waals surface area contributed by atoms with Gasteiger partial charge in [-0.3, -0.25) is 19.6 Å². The van der Waals surface area contributed by atoms with E-state index in [0.29, 0.717) is 84.7 Å². The van der Waals surface area contributed by atoms with Gasteiger partial charge in [0.05, 0.1) is 32.6 Å². The lowest BCUT2D eigenvalue weighted by Crippen LogP contribution is -2.02. The number of hydrogen-bond donors (Lipinski definition) is 0. The number of oxazole rings is 1. The largest absolute Gasteiger partial charge is 0.456 e. The van der Waals surface area contributed by atoms with Crippen LogP contribution in [0.1, 0.15) is 0 Å². The highest BCUT2D eigenvalue weighted by Crippen LogP contribution is 2.41. The van der Waals surface area contributed by atoms with Gasteiger partial charge in [0.15, 0.2) is 40.5 Å². The van der Waals surface area contributed by atoms with Crippen LogP contribution in [0.15, 0.2) is 345 Å². The first-order valence-corrected chi connectivity index (χ1v) is 33.5. The molecule has 103 heavy (non-hydrogen) atoms. The Hall–Kier alpha value is -14.4. The fraction of sp³-hybridized carbons (Fsp3) is 0. The van der Waals surface area contributed by atoms with Gasteiger partial charge in [0.2, 0.25) is 16.7 Å². The van der Waals surface area contributed by atoms with E-state index >= 15 is 0 Å². The third kappa shape index (κ3) is 11.7. The van der Waals surface area contributed by atoms with Crippen molar-refractivity contribution in [1.82, 2.24) is 44.9 Å². The van der Waals surface area contributed by atoms with Gasteiger partial charge in [-0.05, 0) is 136 Å². The molecule has 0 radical (unpaired) electrons. The number of aromatic nitrogens is 9. The third-order valence-electron chi connectivity index (χ3n) is 18.3. The van der Waals surface area contributed by atoms with Crippen molar-refractivity contribution in [1.29, 1.82) is 0 Å². The summed E-state index contributed by atoms with van der Waals surface area (Å²) in [5.41, 5.74) is 18.9. The SMILES string of the molecule is O=c1c2ccccc2oc2cc(-c3ccccc3-c3cccc(-c4nc(-c5ccccc5)nc(-c5ccc(-c6nc7ccccc7o6)cc5)n4)c3)ccc12.O=c1c2ccccc2oc2cc(-c3ccccc3-c3ccccc3-c3nc(-c4ccccc4)nc(-c4cccc5nccnc45)n3)ccc12. The first-order chi connectivity index (χ1) is 50.8.